The van der Waals surface area contributed by atoms with Crippen molar-refractivity contribution < 1.29 is 9.59 Å². The molecule has 2 fully saturated rings. The first-order valence-electron chi connectivity index (χ1n) is 8.62. The molecule has 1 aliphatic carbocycles. The number of hydrogen-bond acceptors (Lipinski definition) is 4. The lowest BCUT2D eigenvalue weighted by molar-refractivity contribution is -0.129. The standard InChI is InChI=1S/C16H23N5O2/c1-10(15-19-18-13-3-2-6-21(13)15)17-16(23)12-7-14(22)20(9-12)8-11-4-5-11/h10-12H,2-9H2,1H3,(H,17,23)/t10-,12+/m0/s1. The molecule has 0 spiro atoms. The SMILES string of the molecule is C[C@H](NC(=O)[C@@H]1CC(=O)N(CC2CC2)C1)c1nnc2n1CCC2. The Morgan fingerprint density at radius 2 is 2.22 bits per heavy atom. The molecule has 124 valence electrons. The Bertz CT molecular complexity index is 636. The van der Waals surface area contributed by atoms with Gasteiger partial charge in [0.25, 0.3) is 0 Å². The van der Waals surface area contributed by atoms with Crippen LogP contribution in [0.4, 0.5) is 0 Å². The molecule has 1 aromatic heterocycles. The average molecular weight is 317 g/mol. The van der Waals surface area contributed by atoms with Gasteiger partial charge in [-0.15, -0.1) is 10.2 Å². The Hall–Kier alpha value is -1.92. The van der Waals surface area contributed by atoms with E-state index < -0.39 is 0 Å². The Kier molecular flexibility index (Phi) is 3.58. The van der Waals surface area contributed by atoms with E-state index in [-0.39, 0.29) is 23.8 Å². The lowest BCUT2D eigenvalue weighted by atomic mass is 10.1. The first-order valence-corrected chi connectivity index (χ1v) is 8.62. The van der Waals surface area contributed by atoms with Crippen molar-refractivity contribution in [1.29, 1.82) is 0 Å². The minimum Gasteiger partial charge on any atom is -0.346 e. The van der Waals surface area contributed by atoms with Gasteiger partial charge < -0.3 is 14.8 Å². The van der Waals surface area contributed by atoms with Crippen molar-refractivity contribution in [3.8, 4) is 0 Å². The fourth-order valence-electron chi connectivity index (χ4n) is 3.63. The molecule has 7 heteroatoms. The van der Waals surface area contributed by atoms with Crippen LogP contribution in [0.1, 0.15) is 50.3 Å². The molecule has 23 heavy (non-hydrogen) atoms. The summed E-state index contributed by atoms with van der Waals surface area (Å²) in [5.41, 5.74) is 0. The highest BCUT2D eigenvalue weighted by Crippen LogP contribution is 2.32. The van der Waals surface area contributed by atoms with Crippen molar-refractivity contribution in [3.63, 3.8) is 0 Å². The lowest BCUT2D eigenvalue weighted by Crippen LogP contribution is -2.35. The van der Waals surface area contributed by atoms with Crippen LogP contribution in [0.25, 0.3) is 0 Å². The molecule has 7 nitrogen and oxygen atoms in total. The average Bonchev–Trinajstić information content (AvgIpc) is 2.91. The number of nitrogens with zero attached hydrogens (tertiary/aromatic N) is 4. The van der Waals surface area contributed by atoms with Gasteiger partial charge in [-0.25, -0.2) is 0 Å². The van der Waals surface area contributed by atoms with Crippen molar-refractivity contribution in [1.82, 2.24) is 25.0 Å². The zero-order valence-electron chi connectivity index (χ0n) is 13.5. The summed E-state index contributed by atoms with van der Waals surface area (Å²) in [6, 6.07) is -0.172. The number of carbonyl (C=O) groups excluding carboxylic acids is 2. The second-order valence-electron chi connectivity index (χ2n) is 7.10. The fourth-order valence-corrected chi connectivity index (χ4v) is 3.63. The first kappa shape index (κ1) is 14.7. The Balaban J connectivity index is 1.36. The maximum absolute atomic E-state index is 12.5. The van der Waals surface area contributed by atoms with Gasteiger partial charge in [0, 0.05) is 32.5 Å². The highest BCUT2D eigenvalue weighted by Gasteiger charge is 2.37. The van der Waals surface area contributed by atoms with Gasteiger partial charge in [-0.1, -0.05) is 0 Å². The Labute approximate surface area is 135 Å². The molecule has 1 saturated heterocycles. The molecule has 0 radical (unpaired) electrons. The number of aryl methyl sites for hydroxylation is 1. The smallest absolute Gasteiger partial charge is 0.226 e. The van der Waals surface area contributed by atoms with E-state index in [1.807, 2.05) is 11.8 Å². The summed E-state index contributed by atoms with van der Waals surface area (Å²) in [6.45, 7) is 4.25. The van der Waals surface area contributed by atoms with Crippen LogP contribution in [0.15, 0.2) is 0 Å². The predicted octanol–water partition coefficient (Wildman–Crippen LogP) is 0.660. The van der Waals surface area contributed by atoms with Crippen LogP contribution >= 0.6 is 0 Å². The van der Waals surface area contributed by atoms with Crippen molar-refractivity contribution in [2.45, 2.75) is 51.6 Å². The maximum atomic E-state index is 12.5. The normalized spacial score (nSPS) is 24.8. The molecular formula is C16H23N5O2. The van der Waals surface area contributed by atoms with Gasteiger partial charge >= 0.3 is 0 Å². The van der Waals surface area contributed by atoms with E-state index in [9.17, 15) is 9.59 Å². The third kappa shape index (κ3) is 2.84. The van der Waals surface area contributed by atoms with Crippen molar-refractivity contribution in [2.24, 2.45) is 11.8 Å². The zero-order valence-corrected chi connectivity index (χ0v) is 13.5. The largest absolute Gasteiger partial charge is 0.346 e. The molecule has 2 atom stereocenters. The molecule has 1 aromatic rings. The summed E-state index contributed by atoms with van der Waals surface area (Å²) in [4.78, 5) is 26.4. The second-order valence-corrected chi connectivity index (χ2v) is 7.10. The molecule has 2 amide bonds. The zero-order chi connectivity index (χ0) is 16.0. The summed E-state index contributed by atoms with van der Waals surface area (Å²) >= 11 is 0. The molecule has 0 aromatic carbocycles. The summed E-state index contributed by atoms with van der Waals surface area (Å²) in [6.07, 6.45) is 4.82. The van der Waals surface area contributed by atoms with Gasteiger partial charge in [0.05, 0.1) is 12.0 Å². The first-order chi connectivity index (χ1) is 11.1. The van der Waals surface area contributed by atoms with Gasteiger partial charge in [-0.2, -0.15) is 0 Å². The van der Waals surface area contributed by atoms with Crippen LogP contribution in [0.3, 0.4) is 0 Å². The molecule has 3 aliphatic rings. The summed E-state index contributed by atoms with van der Waals surface area (Å²) < 4.78 is 2.10. The predicted molar refractivity (Wildman–Crippen MR) is 82.3 cm³/mol. The Morgan fingerprint density at radius 3 is 3.00 bits per heavy atom. The molecule has 0 bridgehead atoms. The topological polar surface area (TPSA) is 80.1 Å². The van der Waals surface area contributed by atoms with Crippen LogP contribution in [-0.4, -0.2) is 44.6 Å². The maximum Gasteiger partial charge on any atom is 0.226 e. The highest BCUT2D eigenvalue weighted by atomic mass is 16.2. The van der Waals surface area contributed by atoms with E-state index in [2.05, 4.69) is 20.1 Å². The van der Waals surface area contributed by atoms with Crippen LogP contribution in [-0.2, 0) is 22.6 Å². The molecule has 0 unspecified atom stereocenters. The molecule has 1 N–H and O–H groups in total. The number of fused-ring (bicyclic) bond motifs is 1. The number of amides is 2. The minimum atomic E-state index is -0.232. The summed E-state index contributed by atoms with van der Waals surface area (Å²) in [5.74, 6) is 2.34. The monoisotopic (exact) mass is 317 g/mol. The van der Waals surface area contributed by atoms with E-state index in [1.165, 1.54) is 12.8 Å². The van der Waals surface area contributed by atoms with Gasteiger partial charge in [-0.05, 0) is 32.1 Å². The number of likely N-dealkylation sites (tertiary alicyclic amines) is 1. The van der Waals surface area contributed by atoms with Gasteiger partial charge in [0.2, 0.25) is 11.8 Å². The summed E-state index contributed by atoms with van der Waals surface area (Å²) in [5, 5.41) is 11.4. The van der Waals surface area contributed by atoms with Crippen molar-refractivity contribution in [3.05, 3.63) is 11.6 Å². The number of hydrogen-bond donors (Lipinski definition) is 1. The highest BCUT2D eigenvalue weighted by molar-refractivity contribution is 5.89. The van der Waals surface area contributed by atoms with Crippen LogP contribution < -0.4 is 5.32 Å². The van der Waals surface area contributed by atoms with Crippen LogP contribution in [0.5, 0.6) is 0 Å². The minimum absolute atomic E-state index is 0.0421. The van der Waals surface area contributed by atoms with Crippen molar-refractivity contribution >= 4 is 11.8 Å². The van der Waals surface area contributed by atoms with Gasteiger partial charge in [-0.3, -0.25) is 9.59 Å². The molecule has 1 saturated carbocycles. The van der Waals surface area contributed by atoms with Crippen LogP contribution in [0, 0.1) is 11.8 Å². The Morgan fingerprint density at radius 1 is 1.39 bits per heavy atom. The molecule has 4 rings (SSSR count). The number of rotatable bonds is 5. The number of carbonyl (C=O) groups is 2. The third-order valence-corrected chi connectivity index (χ3v) is 5.14. The second kappa shape index (κ2) is 5.62. The van der Waals surface area contributed by atoms with E-state index in [0.29, 0.717) is 18.9 Å². The van der Waals surface area contributed by atoms with Gasteiger partial charge in [0.15, 0.2) is 5.82 Å². The quantitative estimate of drug-likeness (QED) is 0.865. The van der Waals surface area contributed by atoms with Gasteiger partial charge in [0.1, 0.15) is 5.82 Å². The van der Waals surface area contributed by atoms with Crippen LogP contribution in [0.2, 0.25) is 0 Å². The van der Waals surface area contributed by atoms with E-state index in [4.69, 9.17) is 0 Å². The lowest BCUT2D eigenvalue weighted by Gasteiger charge is -2.18. The van der Waals surface area contributed by atoms with E-state index >= 15 is 0 Å². The van der Waals surface area contributed by atoms with Crippen molar-refractivity contribution in [2.75, 3.05) is 13.1 Å². The fraction of sp³-hybridized carbons (Fsp3) is 0.750. The van der Waals surface area contributed by atoms with E-state index in [0.717, 1.165) is 37.6 Å². The third-order valence-electron chi connectivity index (χ3n) is 5.14. The number of aromatic nitrogens is 3. The summed E-state index contributed by atoms with van der Waals surface area (Å²) in [7, 11) is 0. The number of nitrogens with one attached hydrogen (secondary N) is 1. The molecular weight excluding hydrogens is 294 g/mol. The molecule has 3 heterocycles. The molecule has 2 aliphatic heterocycles. The van der Waals surface area contributed by atoms with E-state index in [1.54, 1.807) is 0 Å².